The van der Waals surface area contributed by atoms with Crippen molar-refractivity contribution in [3.05, 3.63) is 53.6 Å². The number of hydrogen-bond acceptors (Lipinski definition) is 4. The van der Waals surface area contributed by atoms with Crippen molar-refractivity contribution in [1.29, 1.82) is 0 Å². The number of benzene rings is 2. The highest BCUT2D eigenvalue weighted by molar-refractivity contribution is 5.77. The third-order valence-electron chi connectivity index (χ3n) is 5.13. The lowest BCUT2D eigenvalue weighted by atomic mass is 9.98. The van der Waals surface area contributed by atoms with Crippen LogP contribution in [0.4, 0.5) is 0 Å². The maximum Gasteiger partial charge on any atom is 0.189 e. The quantitative estimate of drug-likeness (QED) is 0.520. The van der Waals surface area contributed by atoms with E-state index in [-0.39, 0.29) is 0 Å². The van der Waals surface area contributed by atoms with Gasteiger partial charge in [0.1, 0.15) is 5.75 Å². The average molecular weight is 398 g/mol. The standard InChI is InChI=1S/C23H31N3O3/c1-27-21-13-10-18(14-22(21)28-2)16-26-23(24)25-15-17-8-11-20(12-9-17)29-19-6-4-3-5-7-19/h8-14,19H,3-7,15-16H2,1-2H3,(H3,24,25,26). The van der Waals surface area contributed by atoms with Gasteiger partial charge in [-0.3, -0.25) is 0 Å². The van der Waals surface area contributed by atoms with E-state index in [1.165, 1.54) is 19.3 Å². The predicted octanol–water partition coefficient (Wildman–Crippen LogP) is 4.02. The van der Waals surface area contributed by atoms with E-state index in [4.69, 9.17) is 19.9 Å². The van der Waals surface area contributed by atoms with Gasteiger partial charge in [0.15, 0.2) is 17.5 Å². The number of nitrogens with two attached hydrogens (primary N) is 1. The van der Waals surface area contributed by atoms with Crippen LogP contribution in [0.3, 0.4) is 0 Å². The van der Waals surface area contributed by atoms with Crippen LogP contribution in [-0.2, 0) is 13.1 Å². The van der Waals surface area contributed by atoms with Crippen LogP contribution >= 0.6 is 0 Å². The Hall–Kier alpha value is -2.89. The first-order valence-electron chi connectivity index (χ1n) is 10.2. The molecule has 0 atom stereocenters. The zero-order valence-corrected chi connectivity index (χ0v) is 17.3. The Labute approximate surface area is 173 Å². The molecule has 156 valence electrons. The lowest BCUT2D eigenvalue weighted by Gasteiger charge is -2.23. The molecule has 0 radical (unpaired) electrons. The Morgan fingerprint density at radius 1 is 0.966 bits per heavy atom. The normalized spacial score (nSPS) is 15.0. The summed E-state index contributed by atoms with van der Waals surface area (Å²) < 4.78 is 16.6. The first kappa shape index (κ1) is 20.8. The molecular weight excluding hydrogens is 366 g/mol. The van der Waals surface area contributed by atoms with E-state index in [2.05, 4.69) is 22.4 Å². The second kappa shape index (κ2) is 10.6. The highest BCUT2D eigenvalue weighted by Crippen LogP contribution is 2.27. The predicted molar refractivity (Wildman–Crippen MR) is 116 cm³/mol. The van der Waals surface area contributed by atoms with Gasteiger partial charge in [0.25, 0.3) is 0 Å². The Morgan fingerprint density at radius 2 is 1.66 bits per heavy atom. The summed E-state index contributed by atoms with van der Waals surface area (Å²) in [6.45, 7) is 1.08. The monoisotopic (exact) mass is 397 g/mol. The summed E-state index contributed by atoms with van der Waals surface area (Å²) in [5.41, 5.74) is 8.13. The SMILES string of the molecule is COc1ccc(CN=C(N)NCc2ccc(OC3CCCCC3)cc2)cc1OC. The van der Waals surface area contributed by atoms with E-state index in [1.807, 2.05) is 30.3 Å². The highest BCUT2D eigenvalue weighted by Gasteiger charge is 2.14. The molecule has 2 aromatic rings. The number of methoxy groups -OCH3 is 2. The molecule has 0 aliphatic heterocycles. The molecular formula is C23H31N3O3. The van der Waals surface area contributed by atoms with Crippen molar-refractivity contribution in [2.24, 2.45) is 10.7 Å². The molecule has 0 unspecified atom stereocenters. The van der Waals surface area contributed by atoms with Crippen LogP contribution < -0.4 is 25.3 Å². The van der Waals surface area contributed by atoms with Crippen LogP contribution in [0.25, 0.3) is 0 Å². The van der Waals surface area contributed by atoms with E-state index in [1.54, 1.807) is 14.2 Å². The zero-order valence-electron chi connectivity index (χ0n) is 17.3. The Balaban J connectivity index is 1.47. The van der Waals surface area contributed by atoms with Gasteiger partial charge in [0.2, 0.25) is 0 Å². The zero-order chi connectivity index (χ0) is 20.5. The largest absolute Gasteiger partial charge is 0.493 e. The fraction of sp³-hybridized carbons (Fsp3) is 0.435. The van der Waals surface area contributed by atoms with Gasteiger partial charge in [-0.05, 0) is 61.1 Å². The summed E-state index contributed by atoms with van der Waals surface area (Å²) in [6.07, 6.45) is 6.57. The van der Waals surface area contributed by atoms with E-state index in [9.17, 15) is 0 Å². The minimum absolute atomic E-state index is 0.368. The van der Waals surface area contributed by atoms with Crippen LogP contribution in [0.15, 0.2) is 47.5 Å². The van der Waals surface area contributed by atoms with Crippen molar-refractivity contribution in [2.45, 2.75) is 51.3 Å². The van der Waals surface area contributed by atoms with Crippen LogP contribution in [0.5, 0.6) is 17.2 Å². The molecule has 1 fully saturated rings. The Bertz CT molecular complexity index is 800. The summed E-state index contributed by atoms with van der Waals surface area (Å²) in [7, 11) is 3.23. The van der Waals surface area contributed by atoms with Gasteiger partial charge in [-0.2, -0.15) is 0 Å². The van der Waals surface area contributed by atoms with Gasteiger partial charge in [-0.15, -0.1) is 0 Å². The molecule has 1 saturated carbocycles. The van der Waals surface area contributed by atoms with E-state index >= 15 is 0 Å². The number of rotatable bonds is 8. The highest BCUT2D eigenvalue weighted by atomic mass is 16.5. The van der Waals surface area contributed by atoms with Gasteiger partial charge in [0, 0.05) is 6.54 Å². The van der Waals surface area contributed by atoms with Crippen LogP contribution in [0.1, 0.15) is 43.2 Å². The van der Waals surface area contributed by atoms with Crippen LogP contribution in [0.2, 0.25) is 0 Å². The smallest absolute Gasteiger partial charge is 0.189 e. The van der Waals surface area contributed by atoms with Gasteiger partial charge >= 0.3 is 0 Å². The minimum Gasteiger partial charge on any atom is -0.493 e. The average Bonchev–Trinajstić information content (AvgIpc) is 2.77. The van der Waals surface area contributed by atoms with Crippen molar-refractivity contribution >= 4 is 5.96 Å². The molecule has 2 aromatic carbocycles. The maximum absolute atomic E-state index is 6.07. The van der Waals surface area contributed by atoms with Gasteiger partial charge in [0.05, 0.1) is 26.9 Å². The van der Waals surface area contributed by atoms with Crippen molar-refractivity contribution < 1.29 is 14.2 Å². The Morgan fingerprint density at radius 3 is 2.34 bits per heavy atom. The molecule has 0 amide bonds. The first-order chi connectivity index (χ1) is 14.2. The van der Waals surface area contributed by atoms with Crippen molar-refractivity contribution in [3.63, 3.8) is 0 Å². The summed E-state index contributed by atoms with van der Waals surface area (Å²) in [6, 6.07) is 13.9. The Kier molecular flexibility index (Phi) is 7.61. The maximum atomic E-state index is 6.07. The molecule has 0 heterocycles. The first-order valence-corrected chi connectivity index (χ1v) is 10.2. The molecule has 0 spiro atoms. The van der Waals surface area contributed by atoms with Crippen LogP contribution in [0, 0.1) is 0 Å². The fourth-order valence-corrected chi connectivity index (χ4v) is 3.47. The van der Waals surface area contributed by atoms with E-state index in [0.717, 1.165) is 29.7 Å². The van der Waals surface area contributed by atoms with Gasteiger partial charge < -0.3 is 25.3 Å². The molecule has 3 N–H and O–H groups in total. The van der Waals surface area contributed by atoms with Crippen molar-refractivity contribution in [1.82, 2.24) is 5.32 Å². The molecule has 6 nitrogen and oxygen atoms in total. The summed E-state index contributed by atoms with van der Waals surface area (Å²) >= 11 is 0. The number of aliphatic imine (C=N–C) groups is 1. The summed E-state index contributed by atoms with van der Waals surface area (Å²) in [5, 5.41) is 3.15. The summed E-state index contributed by atoms with van der Waals surface area (Å²) in [5.74, 6) is 2.72. The topological polar surface area (TPSA) is 78.1 Å². The second-order valence-electron chi connectivity index (χ2n) is 7.27. The molecule has 0 bridgehead atoms. The van der Waals surface area contributed by atoms with Gasteiger partial charge in [-0.1, -0.05) is 24.6 Å². The molecule has 3 rings (SSSR count). The van der Waals surface area contributed by atoms with Crippen molar-refractivity contribution in [3.8, 4) is 17.2 Å². The van der Waals surface area contributed by atoms with Crippen LogP contribution in [-0.4, -0.2) is 26.3 Å². The van der Waals surface area contributed by atoms with Crippen molar-refractivity contribution in [2.75, 3.05) is 14.2 Å². The molecule has 1 aliphatic rings. The molecule has 0 aromatic heterocycles. The lowest BCUT2D eigenvalue weighted by Crippen LogP contribution is -2.31. The van der Waals surface area contributed by atoms with E-state index in [0.29, 0.717) is 36.7 Å². The fourth-order valence-electron chi connectivity index (χ4n) is 3.47. The molecule has 6 heteroatoms. The summed E-state index contributed by atoms with van der Waals surface area (Å²) in [4.78, 5) is 4.40. The molecule has 1 aliphatic carbocycles. The van der Waals surface area contributed by atoms with Gasteiger partial charge in [-0.25, -0.2) is 4.99 Å². The van der Waals surface area contributed by atoms with E-state index < -0.39 is 0 Å². The molecule has 0 saturated heterocycles. The number of guanidine groups is 1. The number of ether oxygens (including phenoxy) is 3. The molecule has 29 heavy (non-hydrogen) atoms. The number of hydrogen-bond donors (Lipinski definition) is 2. The third-order valence-corrected chi connectivity index (χ3v) is 5.13. The number of nitrogens with zero attached hydrogens (tertiary/aromatic N) is 1. The second-order valence-corrected chi connectivity index (χ2v) is 7.27. The third kappa shape index (κ3) is 6.31. The number of nitrogens with one attached hydrogen (secondary N) is 1. The minimum atomic E-state index is 0.368. The lowest BCUT2D eigenvalue weighted by molar-refractivity contribution is 0.155.